The predicted molar refractivity (Wildman–Crippen MR) is 93.6 cm³/mol. The molecule has 0 N–H and O–H groups in total. The molecule has 0 radical (unpaired) electrons. The first-order valence-corrected chi connectivity index (χ1v) is 9.32. The van der Waals surface area contributed by atoms with Crippen molar-refractivity contribution in [1.82, 2.24) is 9.88 Å². The molecule has 2 aliphatic heterocycles. The summed E-state index contributed by atoms with van der Waals surface area (Å²) >= 11 is 7.29. The summed E-state index contributed by atoms with van der Waals surface area (Å²) in [5.74, 6) is 0.181. The SMILES string of the molecule is COC(=O)[C@H]1Cc2ncsc2[C@@H](c2ccc3c(c2)OCO3)N1C(=O)CCl. The Bertz CT molecular complexity index is 871. The fraction of sp³-hybridized carbons (Fsp3) is 0.353. The molecule has 2 atom stereocenters. The fourth-order valence-corrected chi connectivity index (χ4v) is 4.44. The maximum Gasteiger partial charge on any atom is 0.329 e. The molecule has 0 saturated heterocycles. The maximum absolute atomic E-state index is 12.7. The molecule has 2 aliphatic rings. The lowest BCUT2D eigenvalue weighted by Crippen LogP contribution is -2.52. The second-order valence-corrected chi connectivity index (χ2v) is 7.01. The van der Waals surface area contributed by atoms with E-state index in [1.807, 2.05) is 12.1 Å². The van der Waals surface area contributed by atoms with Gasteiger partial charge in [-0.2, -0.15) is 0 Å². The van der Waals surface area contributed by atoms with Crippen LogP contribution < -0.4 is 9.47 Å². The van der Waals surface area contributed by atoms with Gasteiger partial charge >= 0.3 is 5.97 Å². The van der Waals surface area contributed by atoms with Crippen LogP contribution in [-0.4, -0.2) is 47.6 Å². The van der Waals surface area contributed by atoms with Crippen molar-refractivity contribution in [2.75, 3.05) is 19.8 Å². The van der Waals surface area contributed by atoms with Crippen molar-refractivity contribution >= 4 is 34.8 Å². The molecule has 9 heteroatoms. The lowest BCUT2D eigenvalue weighted by Gasteiger charge is -2.40. The normalized spacial score (nSPS) is 20.6. The molecular weight excluding hydrogens is 380 g/mol. The zero-order valence-corrected chi connectivity index (χ0v) is 15.4. The van der Waals surface area contributed by atoms with Crippen LogP contribution in [0, 0.1) is 0 Å². The number of esters is 1. The summed E-state index contributed by atoms with van der Waals surface area (Å²) in [6.07, 6.45) is 0.301. The number of methoxy groups -OCH3 is 1. The average molecular weight is 395 g/mol. The Balaban J connectivity index is 1.85. The minimum Gasteiger partial charge on any atom is -0.467 e. The molecule has 0 spiro atoms. The largest absolute Gasteiger partial charge is 0.467 e. The van der Waals surface area contributed by atoms with Gasteiger partial charge < -0.3 is 19.1 Å². The molecule has 1 aromatic carbocycles. The van der Waals surface area contributed by atoms with Gasteiger partial charge in [0.05, 0.1) is 29.2 Å². The fourth-order valence-electron chi connectivity index (χ4n) is 3.36. The first-order chi connectivity index (χ1) is 12.6. The van der Waals surface area contributed by atoms with Crippen LogP contribution in [-0.2, 0) is 20.7 Å². The van der Waals surface area contributed by atoms with E-state index in [4.69, 9.17) is 25.8 Å². The first kappa shape index (κ1) is 17.1. The maximum atomic E-state index is 12.7. The van der Waals surface area contributed by atoms with E-state index < -0.39 is 18.1 Å². The minimum absolute atomic E-state index is 0.157. The Hall–Kier alpha value is -2.32. The van der Waals surface area contributed by atoms with Crippen LogP contribution in [0.1, 0.15) is 22.2 Å². The number of hydrogen-bond acceptors (Lipinski definition) is 7. The summed E-state index contributed by atoms with van der Waals surface area (Å²) in [6.45, 7) is 0.157. The lowest BCUT2D eigenvalue weighted by atomic mass is 9.92. The molecule has 136 valence electrons. The van der Waals surface area contributed by atoms with Crippen LogP contribution in [0.3, 0.4) is 0 Å². The van der Waals surface area contributed by atoms with E-state index >= 15 is 0 Å². The standard InChI is InChI=1S/C17H15ClN2O5S/c1-23-17(22)11-5-10-16(26-7-19-10)15(20(11)14(21)6-18)9-2-3-12-13(4-9)25-8-24-12/h2-4,7,11,15H,5-6,8H2,1H3/t11-,15-/m1/s1. The number of fused-ring (bicyclic) bond motifs is 2. The quantitative estimate of drug-likeness (QED) is 0.586. The third-order valence-corrected chi connectivity index (χ3v) is 5.66. The van der Waals surface area contributed by atoms with E-state index in [0.29, 0.717) is 17.9 Å². The summed E-state index contributed by atoms with van der Waals surface area (Å²) in [7, 11) is 1.30. The highest BCUT2D eigenvalue weighted by Gasteiger charge is 2.43. The van der Waals surface area contributed by atoms with Gasteiger partial charge in [0.15, 0.2) is 11.5 Å². The van der Waals surface area contributed by atoms with Crippen LogP contribution in [0.5, 0.6) is 11.5 Å². The second kappa shape index (κ2) is 6.77. The number of rotatable bonds is 3. The highest BCUT2D eigenvalue weighted by molar-refractivity contribution is 7.09. The van der Waals surface area contributed by atoms with E-state index in [1.54, 1.807) is 11.6 Å². The van der Waals surface area contributed by atoms with Gasteiger partial charge in [0, 0.05) is 6.42 Å². The smallest absolute Gasteiger partial charge is 0.329 e. The number of aromatic nitrogens is 1. The van der Waals surface area contributed by atoms with Gasteiger partial charge in [-0.15, -0.1) is 22.9 Å². The molecule has 1 amide bonds. The lowest BCUT2D eigenvalue weighted by molar-refractivity contribution is -0.154. The molecule has 26 heavy (non-hydrogen) atoms. The van der Waals surface area contributed by atoms with Crippen molar-refractivity contribution in [3.8, 4) is 11.5 Å². The molecular formula is C17H15ClN2O5S. The van der Waals surface area contributed by atoms with Crippen LogP contribution in [0.15, 0.2) is 23.7 Å². The van der Waals surface area contributed by atoms with Crippen molar-refractivity contribution in [3.05, 3.63) is 39.8 Å². The summed E-state index contributed by atoms with van der Waals surface area (Å²) < 4.78 is 15.7. The van der Waals surface area contributed by atoms with E-state index in [-0.39, 0.29) is 18.6 Å². The Labute approximate surface area is 158 Å². The number of alkyl halides is 1. The van der Waals surface area contributed by atoms with Crippen LogP contribution >= 0.6 is 22.9 Å². The number of nitrogens with zero attached hydrogens (tertiary/aromatic N) is 2. The first-order valence-electron chi connectivity index (χ1n) is 7.90. The molecule has 1 aromatic heterocycles. The van der Waals surface area contributed by atoms with Crippen LogP contribution in [0.25, 0.3) is 0 Å². The predicted octanol–water partition coefficient (Wildman–Crippen LogP) is 2.13. The van der Waals surface area contributed by atoms with Crippen molar-refractivity contribution < 1.29 is 23.8 Å². The average Bonchev–Trinajstić information content (AvgIpc) is 3.33. The third kappa shape index (κ3) is 2.69. The number of carbonyl (C=O) groups excluding carboxylic acids is 2. The van der Waals surface area contributed by atoms with Gasteiger partial charge in [-0.25, -0.2) is 9.78 Å². The number of thiazole rings is 1. The highest BCUT2D eigenvalue weighted by atomic mass is 35.5. The van der Waals surface area contributed by atoms with E-state index in [0.717, 1.165) is 16.1 Å². The second-order valence-electron chi connectivity index (χ2n) is 5.86. The number of amides is 1. The molecule has 3 heterocycles. The van der Waals surface area contributed by atoms with Gasteiger partial charge in [0.25, 0.3) is 0 Å². The topological polar surface area (TPSA) is 78.0 Å². The Kier molecular flexibility index (Phi) is 4.46. The zero-order chi connectivity index (χ0) is 18.3. The molecule has 4 rings (SSSR count). The third-order valence-electron chi connectivity index (χ3n) is 4.51. The summed E-state index contributed by atoms with van der Waals surface area (Å²) in [6, 6.07) is 4.21. The van der Waals surface area contributed by atoms with E-state index in [2.05, 4.69) is 4.98 Å². The van der Waals surface area contributed by atoms with Crippen molar-refractivity contribution in [2.45, 2.75) is 18.5 Å². The van der Waals surface area contributed by atoms with Gasteiger partial charge in [0.2, 0.25) is 12.7 Å². The van der Waals surface area contributed by atoms with Gasteiger partial charge in [-0.1, -0.05) is 6.07 Å². The number of benzene rings is 1. The number of ether oxygens (including phenoxy) is 3. The molecule has 0 bridgehead atoms. The summed E-state index contributed by atoms with van der Waals surface area (Å²) in [5.41, 5.74) is 3.30. The van der Waals surface area contributed by atoms with Crippen molar-refractivity contribution in [2.24, 2.45) is 0 Å². The van der Waals surface area contributed by atoms with Crippen molar-refractivity contribution in [1.29, 1.82) is 0 Å². The Morgan fingerprint density at radius 1 is 1.38 bits per heavy atom. The van der Waals surface area contributed by atoms with E-state index in [9.17, 15) is 9.59 Å². The van der Waals surface area contributed by atoms with Gasteiger partial charge in [-0.3, -0.25) is 4.79 Å². The Morgan fingerprint density at radius 2 is 2.19 bits per heavy atom. The van der Waals surface area contributed by atoms with Crippen molar-refractivity contribution in [3.63, 3.8) is 0 Å². The minimum atomic E-state index is -0.781. The summed E-state index contributed by atoms with van der Waals surface area (Å²) in [5, 5.41) is 0. The van der Waals surface area contributed by atoms with Gasteiger partial charge in [-0.05, 0) is 17.7 Å². The van der Waals surface area contributed by atoms with E-state index in [1.165, 1.54) is 23.3 Å². The van der Waals surface area contributed by atoms with Gasteiger partial charge in [0.1, 0.15) is 11.9 Å². The molecule has 7 nitrogen and oxygen atoms in total. The molecule has 2 aromatic rings. The number of hydrogen-bond donors (Lipinski definition) is 0. The Morgan fingerprint density at radius 3 is 2.96 bits per heavy atom. The highest BCUT2D eigenvalue weighted by Crippen LogP contribution is 2.43. The summed E-state index contributed by atoms with van der Waals surface area (Å²) in [4.78, 5) is 31.8. The number of carbonyl (C=O) groups is 2. The van der Waals surface area contributed by atoms with Crippen LogP contribution in [0.4, 0.5) is 0 Å². The molecule has 0 unspecified atom stereocenters. The zero-order valence-electron chi connectivity index (χ0n) is 13.8. The van der Waals surface area contributed by atoms with Crippen LogP contribution in [0.2, 0.25) is 0 Å². The monoisotopic (exact) mass is 394 g/mol. The molecule has 0 saturated carbocycles. The number of halogens is 1. The molecule has 0 aliphatic carbocycles. The molecule has 0 fully saturated rings.